The molecular weight excluding hydrogens is 293 g/mol. The molecule has 1 saturated heterocycles. The van der Waals surface area contributed by atoms with Crippen LogP contribution in [-0.4, -0.2) is 25.0 Å². The molecular formula is C13H15F3O3S. The van der Waals surface area contributed by atoms with Crippen LogP contribution < -0.4 is 0 Å². The second-order valence-electron chi connectivity index (χ2n) is 5.14. The summed E-state index contributed by atoms with van der Waals surface area (Å²) in [6.07, 6.45) is -4.90. The van der Waals surface area contributed by atoms with Crippen molar-refractivity contribution in [3.8, 4) is 0 Å². The third-order valence-electron chi connectivity index (χ3n) is 3.48. The van der Waals surface area contributed by atoms with Gasteiger partial charge >= 0.3 is 6.18 Å². The van der Waals surface area contributed by atoms with Crippen molar-refractivity contribution in [1.29, 1.82) is 0 Å². The first-order chi connectivity index (χ1) is 9.17. The molecule has 1 N–H and O–H groups in total. The van der Waals surface area contributed by atoms with Crippen LogP contribution in [0.25, 0.3) is 0 Å². The Balaban J connectivity index is 2.08. The first-order valence-electron chi connectivity index (χ1n) is 6.23. The lowest BCUT2D eigenvalue weighted by Crippen LogP contribution is -2.11. The molecule has 2 rings (SSSR count). The van der Waals surface area contributed by atoms with Crippen molar-refractivity contribution >= 4 is 9.84 Å². The first-order valence-corrected chi connectivity index (χ1v) is 8.05. The number of rotatable bonds is 3. The van der Waals surface area contributed by atoms with Crippen LogP contribution in [0.5, 0.6) is 0 Å². The van der Waals surface area contributed by atoms with E-state index in [4.69, 9.17) is 0 Å². The second-order valence-corrected chi connectivity index (χ2v) is 7.37. The van der Waals surface area contributed by atoms with Crippen LogP contribution in [0, 0.1) is 5.92 Å². The number of hydrogen-bond acceptors (Lipinski definition) is 3. The van der Waals surface area contributed by atoms with Crippen LogP contribution in [0.15, 0.2) is 24.3 Å². The maximum atomic E-state index is 12.6. The molecule has 112 valence electrons. The third kappa shape index (κ3) is 3.73. The van der Waals surface area contributed by atoms with Gasteiger partial charge in [-0.1, -0.05) is 12.1 Å². The van der Waals surface area contributed by atoms with Gasteiger partial charge in [-0.05, 0) is 36.5 Å². The molecule has 0 spiro atoms. The van der Waals surface area contributed by atoms with Crippen LogP contribution >= 0.6 is 0 Å². The summed E-state index contributed by atoms with van der Waals surface area (Å²) < 4.78 is 60.4. The number of hydrogen-bond donors (Lipinski definition) is 1. The van der Waals surface area contributed by atoms with Crippen molar-refractivity contribution in [2.45, 2.75) is 25.1 Å². The van der Waals surface area contributed by atoms with Crippen LogP contribution in [0.4, 0.5) is 13.2 Å². The van der Waals surface area contributed by atoms with E-state index < -0.39 is 27.7 Å². The summed E-state index contributed by atoms with van der Waals surface area (Å²) in [7, 11) is -3.05. The number of benzene rings is 1. The topological polar surface area (TPSA) is 54.4 Å². The highest BCUT2D eigenvalue weighted by molar-refractivity contribution is 7.91. The summed E-state index contributed by atoms with van der Waals surface area (Å²) in [6.45, 7) is 0. The molecule has 2 unspecified atom stereocenters. The van der Waals surface area contributed by atoms with Gasteiger partial charge in [-0.2, -0.15) is 13.2 Å². The van der Waals surface area contributed by atoms with Gasteiger partial charge in [-0.3, -0.25) is 0 Å². The lowest BCUT2D eigenvalue weighted by molar-refractivity contribution is -0.137. The Morgan fingerprint density at radius 2 is 2.05 bits per heavy atom. The van der Waals surface area contributed by atoms with E-state index in [-0.39, 0.29) is 29.4 Å². The highest BCUT2D eigenvalue weighted by atomic mass is 32.2. The van der Waals surface area contributed by atoms with Gasteiger partial charge in [0.05, 0.1) is 23.2 Å². The van der Waals surface area contributed by atoms with E-state index >= 15 is 0 Å². The van der Waals surface area contributed by atoms with E-state index in [0.717, 1.165) is 12.1 Å². The number of alkyl halides is 3. The van der Waals surface area contributed by atoms with Crippen LogP contribution in [-0.2, 0) is 16.0 Å². The lowest BCUT2D eigenvalue weighted by Gasteiger charge is -2.16. The van der Waals surface area contributed by atoms with Gasteiger partial charge in [-0.15, -0.1) is 0 Å². The fourth-order valence-electron chi connectivity index (χ4n) is 2.43. The molecule has 0 aliphatic carbocycles. The highest BCUT2D eigenvalue weighted by Gasteiger charge is 2.32. The minimum Gasteiger partial charge on any atom is -0.388 e. The average molecular weight is 308 g/mol. The Morgan fingerprint density at radius 3 is 2.60 bits per heavy atom. The molecule has 1 heterocycles. The molecule has 3 nitrogen and oxygen atoms in total. The maximum absolute atomic E-state index is 12.6. The Labute approximate surface area is 115 Å². The molecule has 1 fully saturated rings. The number of aliphatic hydroxyl groups is 1. The van der Waals surface area contributed by atoms with E-state index in [1.807, 2.05) is 0 Å². The van der Waals surface area contributed by atoms with Crippen molar-refractivity contribution in [3.63, 3.8) is 0 Å². The van der Waals surface area contributed by atoms with E-state index in [1.165, 1.54) is 12.1 Å². The number of halogens is 3. The zero-order valence-corrected chi connectivity index (χ0v) is 11.4. The normalized spacial score (nSPS) is 23.7. The van der Waals surface area contributed by atoms with Crippen LogP contribution in [0.1, 0.15) is 30.1 Å². The van der Waals surface area contributed by atoms with Crippen molar-refractivity contribution in [2.24, 2.45) is 5.92 Å². The quantitative estimate of drug-likeness (QED) is 0.933. The SMILES string of the molecule is O=S1(=O)CCC(CC(O)c2cccc(C(F)(F)F)c2)C1. The first kappa shape index (κ1) is 15.3. The largest absolute Gasteiger partial charge is 0.416 e. The molecule has 1 aliphatic heterocycles. The Hall–Kier alpha value is -1.08. The lowest BCUT2D eigenvalue weighted by atomic mass is 9.95. The molecule has 0 aromatic heterocycles. The predicted octanol–water partition coefficient (Wildman–Crippen LogP) is 2.56. The molecule has 1 aromatic rings. The Bertz CT molecular complexity index is 581. The van der Waals surface area contributed by atoms with Crippen LogP contribution in [0.3, 0.4) is 0 Å². The number of aliphatic hydroxyl groups excluding tert-OH is 1. The smallest absolute Gasteiger partial charge is 0.388 e. The summed E-state index contributed by atoms with van der Waals surface area (Å²) >= 11 is 0. The zero-order chi connectivity index (χ0) is 15.0. The molecule has 2 atom stereocenters. The van der Waals surface area contributed by atoms with Crippen molar-refractivity contribution in [1.82, 2.24) is 0 Å². The summed E-state index contributed by atoms with van der Waals surface area (Å²) in [5.74, 6) is -0.0970. The van der Waals surface area contributed by atoms with E-state index in [9.17, 15) is 26.7 Å². The van der Waals surface area contributed by atoms with Gasteiger partial charge in [0.15, 0.2) is 9.84 Å². The minimum atomic E-state index is -4.45. The summed E-state index contributed by atoms with van der Waals surface area (Å²) in [4.78, 5) is 0. The molecule has 0 saturated carbocycles. The molecule has 0 amide bonds. The standard InChI is InChI=1S/C13H15F3O3S/c14-13(15,16)11-3-1-2-10(7-11)12(17)6-9-4-5-20(18,19)8-9/h1-3,7,9,12,17H,4-6,8H2. The Morgan fingerprint density at radius 1 is 1.35 bits per heavy atom. The van der Waals surface area contributed by atoms with Gasteiger partial charge in [0.2, 0.25) is 0 Å². The van der Waals surface area contributed by atoms with Crippen molar-refractivity contribution in [2.75, 3.05) is 11.5 Å². The average Bonchev–Trinajstić information content (AvgIpc) is 2.68. The monoisotopic (exact) mass is 308 g/mol. The molecule has 1 aromatic carbocycles. The van der Waals surface area contributed by atoms with Gasteiger partial charge < -0.3 is 5.11 Å². The molecule has 20 heavy (non-hydrogen) atoms. The van der Waals surface area contributed by atoms with Crippen molar-refractivity contribution < 1.29 is 26.7 Å². The summed E-state index contributed by atoms with van der Waals surface area (Å²) in [6, 6.07) is 4.51. The third-order valence-corrected chi connectivity index (χ3v) is 5.32. The predicted molar refractivity (Wildman–Crippen MR) is 67.8 cm³/mol. The van der Waals surface area contributed by atoms with Gasteiger partial charge in [0.1, 0.15) is 0 Å². The van der Waals surface area contributed by atoms with Gasteiger partial charge in [0, 0.05) is 0 Å². The highest BCUT2D eigenvalue weighted by Crippen LogP contribution is 2.33. The number of sulfone groups is 1. The maximum Gasteiger partial charge on any atom is 0.416 e. The second kappa shape index (κ2) is 5.37. The van der Waals surface area contributed by atoms with E-state index in [2.05, 4.69) is 0 Å². The molecule has 7 heteroatoms. The van der Waals surface area contributed by atoms with Crippen molar-refractivity contribution in [3.05, 3.63) is 35.4 Å². The fourth-order valence-corrected chi connectivity index (χ4v) is 4.31. The summed E-state index contributed by atoms with van der Waals surface area (Å²) in [5.41, 5.74) is -0.641. The molecule has 1 aliphatic rings. The fraction of sp³-hybridized carbons (Fsp3) is 0.538. The zero-order valence-electron chi connectivity index (χ0n) is 10.6. The van der Waals surface area contributed by atoms with Gasteiger partial charge in [0.25, 0.3) is 0 Å². The summed E-state index contributed by atoms with van der Waals surface area (Å²) in [5, 5.41) is 9.98. The Kier molecular flexibility index (Phi) is 4.11. The molecule has 0 radical (unpaired) electrons. The minimum absolute atomic E-state index is 0.00300. The van der Waals surface area contributed by atoms with E-state index in [1.54, 1.807) is 0 Å². The molecule has 0 bridgehead atoms. The van der Waals surface area contributed by atoms with Gasteiger partial charge in [-0.25, -0.2) is 8.42 Å². The van der Waals surface area contributed by atoms with Crippen LogP contribution in [0.2, 0.25) is 0 Å². The van der Waals surface area contributed by atoms with E-state index in [0.29, 0.717) is 6.42 Å².